The molecule has 31 heavy (non-hydrogen) atoms. The van der Waals surface area contributed by atoms with Crippen LogP contribution in [-0.2, 0) is 13.0 Å². The second kappa shape index (κ2) is 9.34. The highest BCUT2D eigenvalue weighted by Gasteiger charge is 2.28. The van der Waals surface area contributed by atoms with E-state index in [0.717, 1.165) is 11.1 Å². The lowest BCUT2D eigenvalue weighted by Crippen LogP contribution is -2.34. The number of nitrogens with zero attached hydrogens (tertiary/aromatic N) is 2. The topological polar surface area (TPSA) is 139 Å². The molecule has 8 nitrogen and oxygen atoms in total. The summed E-state index contributed by atoms with van der Waals surface area (Å²) in [6.45, 7) is 1.40. The van der Waals surface area contributed by atoms with Crippen LogP contribution in [0, 0.1) is 5.82 Å². The summed E-state index contributed by atoms with van der Waals surface area (Å²) < 4.78 is 14.5. The number of rotatable bonds is 8. The maximum atomic E-state index is 13.2. The smallest absolute Gasteiger partial charge is 0.264 e. The van der Waals surface area contributed by atoms with E-state index in [-0.39, 0.29) is 42.0 Å². The molecule has 164 valence electrons. The molecular weight excluding hydrogens is 405 g/mol. The molecule has 1 atom stereocenters. The minimum Gasteiger partial charge on any atom is -0.396 e. The monoisotopic (exact) mass is 429 g/mol. The number of carbonyl (C=O) groups excluding carboxylic acids is 1. The number of primary amides is 1. The predicted octanol–water partition coefficient (Wildman–Crippen LogP) is 1.02. The van der Waals surface area contributed by atoms with Crippen molar-refractivity contribution in [1.82, 2.24) is 9.55 Å². The molecule has 2 aromatic heterocycles. The third kappa shape index (κ3) is 4.63. The SMILES string of the molecule is CC(c1c(C(N)=O)c(=O)n(CCCO)c2cc(Cc3ccc(F)cc3)cnc12)C(O)O. The maximum absolute atomic E-state index is 13.2. The molecule has 0 radical (unpaired) electrons. The standard InChI is InChI=1S/C22H24FN3O5/c1-12(22(30)31)17-18(20(24)28)21(29)26(7-2-8-27)16-10-14(11-25-19(16)17)9-13-3-5-15(23)6-4-13/h3-6,10-12,22,27,30-31H,2,7-9H2,1H3,(H2,24,28). The van der Waals surface area contributed by atoms with Gasteiger partial charge in [0.15, 0.2) is 6.29 Å². The highest BCUT2D eigenvalue weighted by Crippen LogP contribution is 2.29. The predicted molar refractivity (Wildman–Crippen MR) is 112 cm³/mol. The van der Waals surface area contributed by atoms with Crippen LogP contribution in [0.3, 0.4) is 0 Å². The number of fused-ring (bicyclic) bond motifs is 1. The molecule has 1 aromatic carbocycles. The largest absolute Gasteiger partial charge is 0.396 e. The number of hydrogen-bond acceptors (Lipinski definition) is 6. The number of aliphatic hydroxyl groups excluding tert-OH is 2. The van der Waals surface area contributed by atoms with Gasteiger partial charge in [-0.15, -0.1) is 0 Å². The minimum absolute atomic E-state index is 0.0658. The number of halogens is 1. The zero-order valence-corrected chi connectivity index (χ0v) is 17.0. The quantitative estimate of drug-likeness (QED) is 0.395. The first-order valence-corrected chi connectivity index (χ1v) is 9.81. The second-order valence-electron chi connectivity index (χ2n) is 7.40. The van der Waals surface area contributed by atoms with Gasteiger partial charge in [0.25, 0.3) is 11.5 Å². The molecule has 3 rings (SSSR count). The van der Waals surface area contributed by atoms with Gasteiger partial charge in [0.2, 0.25) is 0 Å². The Morgan fingerprint density at radius 2 is 1.90 bits per heavy atom. The van der Waals surface area contributed by atoms with E-state index in [9.17, 15) is 29.3 Å². The lowest BCUT2D eigenvalue weighted by molar-refractivity contribution is -0.0559. The molecule has 0 saturated carbocycles. The van der Waals surface area contributed by atoms with Gasteiger partial charge < -0.3 is 25.6 Å². The number of benzene rings is 1. The third-order valence-corrected chi connectivity index (χ3v) is 5.21. The van der Waals surface area contributed by atoms with E-state index in [1.807, 2.05) is 0 Å². The average Bonchev–Trinajstić information content (AvgIpc) is 2.73. The number of aliphatic hydroxyl groups is 3. The van der Waals surface area contributed by atoms with Crippen LogP contribution in [0.15, 0.2) is 41.3 Å². The third-order valence-electron chi connectivity index (χ3n) is 5.21. The van der Waals surface area contributed by atoms with Gasteiger partial charge in [0.1, 0.15) is 11.4 Å². The van der Waals surface area contributed by atoms with Crippen molar-refractivity contribution in [3.63, 3.8) is 0 Å². The second-order valence-corrected chi connectivity index (χ2v) is 7.40. The van der Waals surface area contributed by atoms with Crippen molar-refractivity contribution in [1.29, 1.82) is 0 Å². The van der Waals surface area contributed by atoms with Crippen LogP contribution < -0.4 is 11.3 Å². The summed E-state index contributed by atoms with van der Waals surface area (Å²) >= 11 is 0. The molecule has 0 spiro atoms. The number of aryl methyl sites for hydroxylation is 1. The number of pyridine rings is 2. The Hall–Kier alpha value is -3.14. The van der Waals surface area contributed by atoms with Gasteiger partial charge in [-0.1, -0.05) is 19.1 Å². The fraction of sp³-hybridized carbons (Fsp3) is 0.318. The Kier molecular flexibility index (Phi) is 6.79. The van der Waals surface area contributed by atoms with E-state index in [2.05, 4.69) is 4.98 Å². The molecule has 0 aliphatic heterocycles. The Morgan fingerprint density at radius 1 is 1.23 bits per heavy atom. The molecule has 0 saturated heterocycles. The normalized spacial score (nSPS) is 12.5. The van der Waals surface area contributed by atoms with Crippen LogP contribution in [0.2, 0.25) is 0 Å². The molecule has 0 fully saturated rings. The Labute approximate surface area is 177 Å². The summed E-state index contributed by atoms with van der Waals surface area (Å²) in [6.07, 6.45) is 0.391. The van der Waals surface area contributed by atoms with E-state index in [1.165, 1.54) is 23.6 Å². The fourth-order valence-electron chi connectivity index (χ4n) is 3.60. The van der Waals surface area contributed by atoms with Crippen LogP contribution in [0.25, 0.3) is 11.0 Å². The average molecular weight is 429 g/mol. The van der Waals surface area contributed by atoms with Gasteiger partial charge in [-0.3, -0.25) is 14.6 Å². The molecule has 2 heterocycles. The first kappa shape index (κ1) is 22.5. The van der Waals surface area contributed by atoms with Crippen LogP contribution in [0.5, 0.6) is 0 Å². The Balaban J connectivity index is 2.27. The van der Waals surface area contributed by atoms with E-state index >= 15 is 0 Å². The molecule has 1 amide bonds. The lowest BCUT2D eigenvalue weighted by Gasteiger charge is -2.21. The molecule has 0 aliphatic rings. The molecular formula is C22H24FN3O5. The summed E-state index contributed by atoms with van der Waals surface area (Å²) in [5, 5.41) is 28.7. The number of aromatic nitrogens is 2. The Morgan fingerprint density at radius 3 is 2.48 bits per heavy atom. The minimum atomic E-state index is -1.84. The van der Waals surface area contributed by atoms with Gasteiger partial charge in [-0.2, -0.15) is 0 Å². The van der Waals surface area contributed by atoms with Gasteiger partial charge in [0, 0.05) is 30.8 Å². The Bertz CT molecular complexity index is 1160. The number of nitrogens with two attached hydrogens (primary N) is 1. The number of hydrogen-bond donors (Lipinski definition) is 4. The molecule has 9 heteroatoms. The molecule has 3 aromatic rings. The van der Waals surface area contributed by atoms with Crippen LogP contribution in [-0.4, -0.2) is 43.7 Å². The highest BCUT2D eigenvalue weighted by atomic mass is 19.1. The highest BCUT2D eigenvalue weighted by molar-refractivity contribution is 5.98. The van der Waals surface area contributed by atoms with Crippen molar-refractivity contribution >= 4 is 16.9 Å². The van der Waals surface area contributed by atoms with Crippen molar-refractivity contribution in [3.05, 3.63) is 75.0 Å². The molecule has 1 unspecified atom stereocenters. The lowest BCUT2D eigenvalue weighted by atomic mass is 9.93. The van der Waals surface area contributed by atoms with Gasteiger partial charge in [-0.25, -0.2) is 4.39 Å². The fourth-order valence-corrected chi connectivity index (χ4v) is 3.60. The summed E-state index contributed by atoms with van der Waals surface area (Å²) in [5.41, 5.74) is 6.68. The van der Waals surface area contributed by atoms with E-state index in [0.29, 0.717) is 11.9 Å². The van der Waals surface area contributed by atoms with Crippen molar-refractivity contribution < 1.29 is 24.5 Å². The molecule has 0 bridgehead atoms. The van der Waals surface area contributed by atoms with E-state index in [4.69, 9.17) is 5.73 Å². The summed E-state index contributed by atoms with van der Waals surface area (Å²) in [4.78, 5) is 29.7. The summed E-state index contributed by atoms with van der Waals surface area (Å²) in [7, 11) is 0. The zero-order valence-electron chi connectivity index (χ0n) is 17.0. The van der Waals surface area contributed by atoms with Crippen molar-refractivity contribution in [3.8, 4) is 0 Å². The number of amides is 1. The molecule has 0 aliphatic carbocycles. The number of carbonyl (C=O) groups is 1. The first-order valence-electron chi connectivity index (χ1n) is 9.81. The van der Waals surface area contributed by atoms with E-state index < -0.39 is 23.7 Å². The molecule has 5 N–H and O–H groups in total. The van der Waals surface area contributed by atoms with Crippen molar-refractivity contribution in [2.24, 2.45) is 5.73 Å². The van der Waals surface area contributed by atoms with Gasteiger partial charge in [-0.05, 0) is 42.2 Å². The summed E-state index contributed by atoms with van der Waals surface area (Å²) in [5.74, 6) is -2.34. The van der Waals surface area contributed by atoms with Crippen molar-refractivity contribution in [2.45, 2.75) is 38.5 Å². The van der Waals surface area contributed by atoms with Gasteiger partial charge >= 0.3 is 0 Å². The maximum Gasteiger partial charge on any atom is 0.264 e. The zero-order chi connectivity index (χ0) is 22.7. The van der Waals surface area contributed by atoms with Crippen LogP contribution >= 0.6 is 0 Å². The summed E-state index contributed by atoms with van der Waals surface area (Å²) in [6, 6.07) is 7.70. The van der Waals surface area contributed by atoms with Crippen molar-refractivity contribution in [2.75, 3.05) is 6.61 Å². The van der Waals surface area contributed by atoms with E-state index in [1.54, 1.807) is 24.4 Å². The first-order chi connectivity index (χ1) is 14.7. The van der Waals surface area contributed by atoms with Gasteiger partial charge in [0.05, 0.1) is 11.0 Å². The van der Waals surface area contributed by atoms with Crippen LogP contribution in [0.4, 0.5) is 4.39 Å². The van der Waals surface area contributed by atoms with Crippen LogP contribution in [0.1, 0.15) is 46.3 Å².